The Morgan fingerprint density at radius 2 is 2.14 bits per heavy atom. The van der Waals surface area contributed by atoms with Crippen molar-refractivity contribution in [3.8, 4) is 11.8 Å². The van der Waals surface area contributed by atoms with Crippen LogP contribution in [0.4, 0.5) is 0 Å². The molecule has 21 heavy (non-hydrogen) atoms. The Morgan fingerprint density at radius 3 is 2.76 bits per heavy atom. The number of ether oxygens (including phenoxy) is 1. The van der Waals surface area contributed by atoms with E-state index >= 15 is 0 Å². The monoisotopic (exact) mass is 288 g/mol. The van der Waals surface area contributed by atoms with Crippen molar-refractivity contribution in [2.75, 3.05) is 19.7 Å². The minimum Gasteiger partial charge on any atom is -0.482 e. The van der Waals surface area contributed by atoms with Crippen molar-refractivity contribution < 1.29 is 19.4 Å². The minimum absolute atomic E-state index is 0.00200. The van der Waals surface area contributed by atoms with E-state index in [4.69, 9.17) is 15.1 Å². The first-order chi connectivity index (χ1) is 10.0. The molecule has 0 radical (unpaired) electrons. The molecular formula is C15H16N2O4. The van der Waals surface area contributed by atoms with Crippen LogP contribution in [0.1, 0.15) is 12.5 Å². The SMILES string of the molecule is CC(C(=O)O)C1CN(C(=O)COc2ccccc2C#N)C1. The standard InChI is InChI=1S/C15H16N2O4/c1-10(15(19)20)12-7-17(8-12)14(18)9-21-13-5-3-2-4-11(13)6-16/h2-5,10,12H,7-9H2,1H3,(H,19,20). The van der Waals surface area contributed by atoms with Crippen LogP contribution >= 0.6 is 0 Å². The smallest absolute Gasteiger partial charge is 0.306 e. The third-order valence-electron chi connectivity index (χ3n) is 3.72. The van der Waals surface area contributed by atoms with Gasteiger partial charge < -0.3 is 14.7 Å². The van der Waals surface area contributed by atoms with E-state index in [-0.39, 0.29) is 18.4 Å². The van der Waals surface area contributed by atoms with Gasteiger partial charge in [0.05, 0.1) is 11.5 Å². The van der Waals surface area contributed by atoms with Crippen LogP contribution < -0.4 is 4.74 Å². The fourth-order valence-corrected chi connectivity index (χ4v) is 2.15. The van der Waals surface area contributed by atoms with E-state index in [1.54, 1.807) is 36.1 Å². The summed E-state index contributed by atoms with van der Waals surface area (Å²) in [6, 6.07) is 8.70. The lowest BCUT2D eigenvalue weighted by molar-refractivity contribution is -0.151. The van der Waals surface area contributed by atoms with Gasteiger partial charge in [-0.2, -0.15) is 5.26 Å². The first-order valence-corrected chi connectivity index (χ1v) is 6.65. The number of carboxylic acid groups (broad SMARTS) is 1. The fourth-order valence-electron chi connectivity index (χ4n) is 2.15. The van der Waals surface area contributed by atoms with Gasteiger partial charge in [0.2, 0.25) is 0 Å². The molecule has 1 aromatic carbocycles. The number of rotatable bonds is 5. The molecule has 1 aromatic rings. The molecule has 0 spiro atoms. The summed E-state index contributed by atoms with van der Waals surface area (Å²) >= 11 is 0. The van der Waals surface area contributed by atoms with Crippen LogP contribution in [0.15, 0.2) is 24.3 Å². The van der Waals surface area contributed by atoms with Crippen LogP contribution in [0, 0.1) is 23.2 Å². The van der Waals surface area contributed by atoms with Crippen LogP contribution in [0.5, 0.6) is 5.75 Å². The number of hydrogen-bond donors (Lipinski definition) is 1. The molecule has 0 aromatic heterocycles. The van der Waals surface area contributed by atoms with Gasteiger partial charge in [0.15, 0.2) is 6.61 Å². The number of carbonyl (C=O) groups excluding carboxylic acids is 1. The fraction of sp³-hybridized carbons (Fsp3) is 0.400. The predicted octanol–water partition coefficient (Wildman–Crippen LogP) is 1.12. The number of nitrogens with zero attached hydrogens (tertiary/aromatic N) is 2. The Hall–Kier alpha value is -2.55. The lowest BCUT2D eigenvalue weighted by Gasteiger charge is -2.41. The predicted molar refractivity (Wildman–Crippen MR) is 73.5 cm³/mol. The Bertz CT molecular complexity index is 588. The van der Waals surface area contributed by atoms with E-state index in [1.165, 1.54) is 0 Å². The molecule has 6 heteroatoms. The second-order valence-corrected chi connectivity index (χ2v) is 5.08. The van der Waals surface area contributed by atoms with Gasteiger partial charge in [-0.25, -0.2) is 0 Å². The quantitative estimate of drug-likeness (QED) is 0.876. The molecular weight excluding hydrogens is 272 g/mol. The highest BCUT2D eigenvalue weighted by Gasteiger charge is 2.37. The minimum atomic E-state index is -0.841. The van der Waals surface area contributed by atoms with E-state index in [9.17, 15) is 9.59 Å². The summed E-state index contributed by atoms with van der Waals surface area (Å²) in [5, 5.41) is 17.8. The normalized spacial score (nSPS) is 15.7. The third kappa shape index (κ3) is 3.31. The second kappa shape index (κ2) is 6.27. The molecule has 110 valence electrons. The third-order valence-corrected chi connectivity index (χ3v) is 3.72. The maximum atomic E-state index is 11.9. The summed E-state index contributed by atoms with van der Waals surface area (Å²) < 4.78 is 5.36. The van der Waals surface area contributed by atoms with Crippen molar-refractivity contribution in [2.45, 2.75) is 6.92 Å². The van der Waals surface area contributed by atoms with Gasteiger partial charge in [0.1, 0.15) is 11.8 Å². The number of para-hydroxylation sites is 1. The van der Waals surface area contributed by atoms with Crippen LogP contribution in [-0.2, 0) is 9.59 Å². The summed E-state index contributed by atoms with van der Waals surface area (Å²) in [6.07, 6.45) is 0. The Labute approximate surface area is 122 Å². The van der Waals surface area contributed by atoms with Gasteiger partial charge >= 0.3 is 5.97 Å². The lowest BCUT2D eigenvalue weighted by Crippen LogP contribution is -2.54. The second-order valence-electron chi connectivity index (χ2n) is 5.08. The maximum absolute atomic E-state index is 11.9. The number of carbonyl (C=O) groups is 2. The van der Waals surface area contributed by atoms with Gasteiger partial charge in [-0.15, -0.1) is 0 Å². The van der Waals surface area contributed by atoms with Crippen LogP contribution in [0.2, 0.25) is 0 Å². The van der Waals surface area contributed by atoms with E-state index < -0.39 is 11.9 Å². The van der Waals surface area contributed by atoms with Gasteiger partial charge in [0, 0.05) is 19.0 Å². The van der Waals surface area contributed by atoms with Crippen molar-refractivity contribution in [1.82, 2.24) is 4.90 Å². The molecule has 2 rings (SSSR count). The lowest BCUT2D eigenvalue weighted by atomic mass is 9.87. The summed E-state index contributed by atoms with van der Waals surface area (Å²) in [5.41, 5.74) is 0.381. The number of benzene rings is 1. The molecule has 1 fully saturated rings. The number of likely N-dealkylation sites (tertiary alicyclic amines) is 1. The van der Waals surface area contributed by atoms with Gasteiger partial charge in [-0.1, -0.05) is 19.1 Å². The molecule has 1 amide bonds. The molecule has 1 aliphatic heterocycles. The number of amides is 1. The van der Waals surface area contributed by atoms with E-state index in [0.717, 1.165) is 0 Å². The van der Waals surface area contributed by atoms with Crippen LogP contribution in [0.25, 0.3) is 0 Å². The largest absolute Gasteiger partial charge is 0.482 e. The van der Waals surface area contributed by atoms with Gasteiger partial charge in [-0.05, 0) is 12.1 Å². The van der Waals surface area contributed by atoms with E-state index in [2.05, 4.69) is 0 Å². The van der Waals surface area contributed by atoms with Crippen molar-refractivity contribution in [1.29, 1.82) is 5.26 Å². The number of nitriles is 1. The molecule has 1 saturated heterocycles. The molecule has 1 heterocycles. The van der Waals surface area contributed by atoms with E-state index in [0.29, 0.717) is 24.4 Å². The van der Waals surface area contributed by atoms with Crippen molar-refractivity contribution in [3.63, 3.8) is 0 Å². The summed E-state index contributed by atoms with van der Waals surface area (Å²) in [4.78, 5) is 24.3. The van der Waals surface area contributed by atoms with Crippen LogP contribution in [-0.4, -0.2) is 41.6 Å². The molecule has 1 N–H and O–H groups in total. The maximum Gasteiger partial charge on any atom is 0.306 e. The highest BCUT2D eigenvalue weighted by Crippen LogP contribution is 2.24. The molecule has 1 atom stereocenters. The molecule has 1 unspecified atom stereocenters. The average Bonchev–Trinajstić information content (AvgIpc) is 2.43. The average molecular weight is 288 g/mol. The summed E-state index contributed by atoms with van der Waals surface area (Å²) in [7, 11) is 0. The molecule has 6 nitrogen and oxygen atoms in total. The van der Waals surface area contributed by atoms with Gasteiger partial charge in [-0.3, -0.25) is 9.59 Å². The topological polar surface area (TPSA) is 90.6 Å². The zero-order valence-electron chi connectivity index (χ0n) is 11.7. The number of carboxylic acids is 1. The number of hydrogen-bond acceptors (Lipinski definition) is 4. The zero-order valence-corrected chi connectivity index (χ0v) is 11.7. The molecule has 1 aliphatic rings. The Morgan fingerprint density at radius 1 is 1.48 bits per heavy atom. The molecule has 0 aliphatic carbocycles. The molecule has 0 bridgehead atoms. The number of aliphatic carboxylic acids is 1. The first-order valence-electron chi connectivity index (χ1n) is 6.65. The van der Waals surface area contributed by atoms with Crippen molar-refractivity contribution in [2.24, 2.45) is 11.8 Å². The van der Waals surface area contributed by atoms with Gasteiger partial charge in [0.25, 0.3) is 5.91 Å². The van der Waals surface area contributed by atoms with E-state index in [1.807, 2.05) is 6.07 Å². The van der Waals surface area contributed by atoms with Crippen molar-refractivity contribution in [3.05, 3.63) is 29.8 Å². The molecule has 0 saturated carbocycles. The Kier molecular flexibility index (Phi) is 4.43. The van der Waals surface area contributed by atoms with Crippen LogP contribution in [0.3, 0.4) is 0 Å². The zero-order chi connectivity index (χ0) is 15.4. The Balaban J connectivity index is 1.82. The van der Waals surface area contributed by atoms with Crippen molar-refractivity contribution >= 4 is 11.9 Å². The highest BCUT2D eigenvalue weighted by atomic mass is 16.5. The summed E-state index contributed by atoms with van der Waals surface area (Å²) in [5.74, 6) is -1.11. The highest BCUT2D eigenvalue weighted by molar-refractivity contribution is 5.79. The summed E-state index contributed by atoms with van der Waals surface area (Å²) in [6.45, 7) is 2.38. The first kappa shape index (κ1) is 14.9.